The van der Waals surface area contributed by atoms with Crippen molar-refractivity contribution in [3.8, 4) is 0 Å². The Balaban J connectivity index is 0.000000492. The molecule has 6 nitrogen and oxygen atoms in total. The molecule has 1 unspecified atom stereocenters. The van der Waals surface area contributed by atoms with Crippen LogP contribution in [-0.2, 0) is 20.8 Å². The van der Waals surface area contributed by atoms with Gasteiger partial charge in [-0.05, 0) is 11.6 Å². The van der Waals surface area contributed by atoms with Gasteiger partial charge in [0.2, 0.25) is 0 Å². The summed E-state index contributed by atoms with van der Waals surface area (Å²) in [5.41, 5.74) is 7.43. The largest absolute Gasteiger partial charge is 0.480 e. The van der Waals surface area contributed by atoms with E-state index >= 15 is 0 Å². The molecular weight excluding hydrogens is 236 g/mol. The smallest absolute Gasteiger partial charge is 0.373 e. The highest BCUT2D eigenvalue weighted by atomic mass is 16.4. The van der Waals surface area contributed by atoms with Gasteiger partial charge in [-0.15, -0.1) is 0 Å². The first kappa shape index (κ1) is 13.6. The minimum absolute atomic E-state index is 0.250. The van der Waals surface area contributed by atoms with Gasteiger partial charge in [-0.3, -0.25) is 4.79 Å². The van der Waals surface area contributed by atoms with Crippen molar-refractivity contribution in [1.82, 2.24) is 4.98 Å². The Morgan fingerprint density at radius 2 is 2.00 bits per heavy atom. The molecule has 0 saturated heterocycles. The van der Waals surface area contributed by atoms with Crippen molar-refractivity contribution in [3.63, 3.8) is 0 Å². The second-order valence-electron chi connectivity index (χ2n) is 3.59. The Bertz CT molecular complexity index is 570. The average Bonchev–Trinajstić information content (AvgIpc) is 2.74. The van der Waals surface area contributed by atoms with Gasteiger partial charge in [-0.1, -0.05) is 18.2 Å². The number of fused-ring (bicyclic) bond motifs is 1. The summed E-state index contributed by atoms with van der Waals surface area (Å²) in [6, 6.07) is 6.91. The molecule has 2 aromatic rings. The fourth-order valence-corrected chi connectivity index (χ4v) is 1.62. The van der Waals surface area contributed by atoms with Gasteiger partial charge in [0.1, 0.15) is 6.04 Å². The van der Waals surface area contributed by atoms with Crippen LogP contribution in [0.15, 0.2) is 30.5 Å². The highest BCUT2D eigenvalue weighted by Crippen LogP contribution is 2.18. The maximum absolute atomic E-state index is 10.6. The molecule has 18 heavy (non-hydrogen) atoms. The number of para-hydroxylation sites is 1. The molecule has 94 valence electrons. The van der Waals surface area contributed by atoms with Crippen molar-refractivity contribution in [1.29, 1.82) is 0 Å². The number of carboxylic acids is 1. The lowest BCUT2D eigenvalue weighted by Crippen LogP contribution is -2.32. The summed E-state index contributed by atoms with van der Waals surface area (Å²) in [6.07, 6.45) is 2.41. The van der Waals surface area contributed by atoms with Crippen LogP contribution in [0.25, 0.3) is 10.9 Å². The number of aromatic amines is 1. The van der Waals surface area contributed by atoms with Gasteiger partial charge in [-0.25, -0.2) is 0 Å². The number of benzene rings is 1. The molecule has 0 fully saturated rings. The standard InChI is InChI=1S/C11H12N2O2.CO2/c12-9(11(14)15)5-7-6-13-10-4-2-1-3-8(7)10;2-1-3/h1-4,6,9,13H,5,12H2,(H,14,15);. The lowest BCUT2D eigenvalue weighted by molar-refractivity contribution is -0.191. The number of hydrogen-bond donors (Lipinski definition) is 3. The molecule has 6 heteroatoms. The molecule has 0 saturated carbocycles. The van der Waals surface area contributed by atoms with Crippen molar-refractivity contribution < 1.29 is 19.5 Å². The van der Waals surface area contributed by atoms with Crippen LogP contribution in [0.5, 0.6) is 0 Å². The Hall–Kier alpha value is -2.43. The normalized spacial score (nSPS) is 11.2. The summed E-state index contributed by atoms with van der Waals surface area (Å²) in [6.45, 7) is 0. The van der Waals surface area contributed by atoms with E-state index in [2.05, 4.69) is 4.98 Å². The highest BCUT2D eigenvalue weighted by molar-refractivity contribution is 5.84. The Kier molecular flexibility index (Phi) is 4.80. The number of hydrogen-bond acceptors (Lipinski definition) is 4. The summed E-state index contributed by atoms with van der Waals surface area (Å²) in [4.78, 5) is 30.0. The zero-order valence-electron chi connectivity index (χ0n) is 9.42. The van der Waals surface area contributed by atoms with Gasteiger partial charge in [-0.2, -0.15) is 9.59 Å². The molecule has 4 N–H and O–H groups in total. The average molecular weight is 248 g/mol. The van der Waals surface area contributed by atoms with Crippen molar-refractivity contribution in [2.75, 3.05) is 0 Å². The third-order valence-corrected chi connectivity index (χ3v) is 2.43. The van der Waals surface area contributed by atoms with Crippen molar-refractivity contribution >= 4 is 23.0 Å². The number of H-pyrrole nitrogens is 1. The van der Waals surface area contributed by atoms with Crippen LogP contribution >= 0.6 is 0 Å². The van der Waals surface area contributed by atoms with Crippen LogP contribution in [0.4, 0.5) is 0 Å². The number of aromatic nitrogens is 1. The molecular formula is C12H12N2O4. The molecule has 0 aliphatic carbocycles. The molecule has 2 rings (SSSR count). The molecule has 1 aromatic carbocycles. The molecule has 0 radical (unpaired) electrons. The summed E-state index contributed by atoms with van der Waals surface area (Å²) < 4.78 is 0. The quantitative estimate of drug-likeness (QED) is 0.733. The van der Waals surface area contributed by atoms with E-state index in [1.807, 2.05) is 30.5 Å². The predicted octanol–water partition coefficient (Wildman–Crippen LogP) is 0.539. The first-order valence-electron chi connectivity index (χ1n) is 5.12. The zero-order valence-corrected chi connectivity index (χ0v) is 9.42. The zero-order chi connectivity index (χ0) is 13.5. The minimum Gasteiger partial charge on any atom is -0.480 e. The molecule has 0 aliphatic rings. The van der Waals surface area contributed by atoms with E-state index < -0.39 is 12.0 Å². The van der Waals surface area contributed by atoms with Gasteiger partial charge in [0.05, 0.1) is 0 Å². The monoisotopic (exact) mass is 248 g/mol. The Labute approximate surface area is 102 Å². The maximum atomic E-state index is 10.6. The second kappa shape index (κ2) is 6.34. The molecule has 1 aromatic heterocycles. The van der Waals surface area contributed by atoms with Crippen LogP contribution in [0, 0.1) is 0 Å². The number of rotatable bonds is 3. The van der Waals surface area contributed by atoms with E-state index in [9.17, 15) is 4.79 Å². The first-order valence-corrected chi connectivity index (χ1v) is 5.12. The van der Waals surface area contributed by atoms with E-state index in [1.54, 1.807) is 0 Å². The summed E-state index contributed by atoms with van der Waals surface area (Å²) in [5.74, 6) is -0.972. The number of nitrogens with two attached hydrogens (primary N) is 1. The maximum Gasteiger partial charge on any atom is 0.373 e. The lowest BCUT2D eigenvalue weighted by atomic mass is 10.1. The van der Waals surface area contributed by atoms with Crippen LogP contribution in [0.2, 0.25) is 0 Å². The third kappa shape index (κ3) is 3.28. The molecule has 1 atom stereocenters. The lowest BCUT2D eigenvalue weighted by Gasteiger charge is -2.04. The molecule has 0 bridgehead atoms. The number of carboxylic acid groups (broad SMARTS) is 1. The number of aliphatic carboxylic acids is 1. The second-order valence-corrected chi connectivity index (χ2v) is 3.59. The van der Waals surface area contributed by atoms with Crippen LogP contribution in [-0.4, -0.2) is 28.3 Å². The number of carbonyl (C=O) groups is 1. The Morgan fingerprint density at radius 1 is 1.39 bits per heavy atom. The van der Waals surface area contributed by atoms with Crippen molar-refractivity contribution in [2.24, 2.45) is 5.73 Å². The van der Waals surface area contributed by atoms with Gasteiger partial charge in [0.25, 0.3) is 0 Å². The van der Waals surface area contributed by atoms with E-state index in [0.29, 0.717) is 6.42 Å². The molecule has 1 heterocycles. The molecule has 0 amide bonds. The van der Waals surface area contributed by atoms with Crippen LogP contribution < -0.4 is 5.73 Å². The van der Waals surface area contributed by atoms with E-state index in [0.717, 1.165) is 16.5 Å². The first-order chi connectivity index (χ1) is 8.60. The third-order valence-electron chi connectivity index (χ3n) is 2.43. The summed E-state index contributed by atoms with van der Waals surface area (Å²) >= 11 is 0. The van der Waals surface area contributed by atoms with Crippen molar-refractivity contribution in [3.05, 3.63) is 36.0 Å². The fraction of sp³-hybridized carbons (Fsp3) is 0.167. The Morgan fingerprint density at radius 3 is 2.61 bits per heavy atom. The van der Waals surface area contributed by atoms with Crippen LogP contribution in [0.1, 0.15) is 5.56 Å². The number of nitrogens with one attached hydrogen (secondary N) is 1. The van der Waals surface area contributed by atoms with Gasteiger partial charge in [0.15, 0.2) is 0 Å². The van der Waals surface area contributed by atoms with Gasteiger partial charge < -0.3 is 15.8 Å². The fourth-order valence-electron chi connectivity index (χ4n) is 1.62. The summed E-state index contributed by atoms with van der Waals surface area (Å²) in [5, 5.41) is 9.75. The van der Waals surface area contributed by atoms with Crippen LogP contribution in [0.3, 0.4) is 0 Å². The predicted molar refractivity (Wildman–Crippen MR) is 62.6 cm³/mol. The highest BCUT2D eigenvalue weighted by Gasteiger charge is 2.14. The summed E-state index contributed by atoms with van der Waals surface area (Å²) in [7, 11) is 0. The van der Waals surface area contributed by atoms with Gasteiger partial charge >= 0.3 is 12.1 Å². The SMILES string of the molecule is NC(Cc1c[nH]c2ccccc12)C(=O)O.O=C=O. The molecule has 0 spiro atoms. The van der Waals surface area contributed by atoms with E-state index in [4.69, 9.17) is 20.4 Å². The number of carbonyl (C=O) groups excluding carboxylic acids is 2. The van der Waals surface area contributed by atoms with Crippen molar-refractivity contribution in [2.45, 2.75) is 12.5 Å². The minimum atomic E-state index is -0.972. The van der Waals surface area contributed by atoms with E-state index in [-0.39, 0.29) is 6.15 Å². The van der Waals surface area contributed by atoms with Gasteiger partial charge in [0, 0.05) is 23.5 Å². The van der Waals surface area contributed by atoms with E-state index in [1.165, 1.54) is 0 Å². The topological polar surface area (TPSA) is 113 Å². The molecule has 0 aliphatic heterocycles.